The van der Waals surface area contributed by atoms with Crippen LogP contribution in [0.15, 0.2) is 24.4 Å². The lowest BCUT2D eigenvalue weighted by Gasteiger charge is -2.09. The second kappa shape index (κ2) is 5.32. The van der Waals surface area contributed by atoms with Crippen LogP contribution in [0.4, 0.5) is 0 Å². The Kier molecular flexibility index (Phi) is 3.76. The van der Waals surface area contributed by atoms with Crippen LogP contribution < -0.4 is 5.73 Å². The zero-order valence-electron chi connectivity index (χ0n) is 11.1. The van der Waals surface area contributed by atoms with Crippen molar-refractivity contribution in [2.75, 3.05) is 6.61 Å². The van der Waals surface area contributed by atoms with Crippen molar-refractivity contribution in [1.82, 2.24) is 4.57 Å². The van der Waals surface area contributed by atoms with Crippen molar-refractivity contribution < 1.29 is 14.6 Å². The molecule has 0 saturated heterocycles. The summed E-state index contributed by atoms with van der Waals surface area (Å²) < 4.78 is 6.82. The number of hydrogen-bond donors (Lipinski definition) is 2. The van der Waals surface area contributed by atoms with Crippen LogP contribution in [0.25, 0.3) is 10.9 Å². The summed E-state index contributed by atoms with van der Waals surface area (Å²) in [4.78, 5) is 11.8. The molecule has 0 spiro atoms. The fraction of sp³-hybridized carbons (Fsp3) is 0.357. The van der Waals surface area contributed by atoms with Gasteiger partial charge in [-0.25, -0.2) is 4.79 Å². The number of aromatic nitrogens is 1. The number of carbonyl (C=O) groups excluding carboxylic acids is 1. The molecule has 0 saturated carbocycles. The van der Waals surface area contributed by atoms with Gasteiger partial charge in [-0.05, 0) is 19.9 Å². The van der Waals surface area contributed by atoms with Crippen molar-refractivity contribution in [1.29, 1.82) is 0 Å². The van der Waals surface area contributed by atoms with E-state index in [9.17, 15) is 9.90 Å². The molecule has 1 unspecified atom stereocenters. The van der Waals surface area contributed by atoms with Gasteiger partial charge in [0, 0.05) is 23.7 Å². The molecular formula is C14H18N2O3. The summed E-state index contributed by atoms with van der Waals surface area (Å²) in [6.07, 6.45) is 1.80. The zero-order valence-corrected chi connectivity index (χ0v) is 11.1. The summed E-state index contributed by atoms with van der Waals surface area (Å²) in [6.45, 7) is 4.69. The third kappa shape index (κ3) is 2.29. The van der Waals surface area contributed by atoms with Gasteiger partial charge in [0.1, 0.15) is 11.8 Å². The summed E-state index contributed by atoms with van der Waals surface area (Å²) in [6, 6.07) is 4.36. The zero-order chi connectivity index (χ0) is 14.0. The lowest BCUT2D eigenvalue weighted by Crippen LogP contribution is -2.23. The molecule has 0 amide bonds. The first kappa shape index (κ1) is 13.4. The molecule has 3 N–H and O–H groups in total. The molecule has 5 nitrogen and oxygen atoms in total. The van der Waals surface area contributed by atoms with Crippen molar-refractivity contribution >= 4 is 16.9 Å². The number of para-hydroxylation sites is 1. The van der Waals surface area contributed by atoms with Gasteiger partial charge in [-0.15, -0.1) is 0 Å². The number of nitrogens with zero attached hydrogens (tertiary/aromatic N) is 1. The maximum Gasteiger partial charge on any atom is 0.327 e. The number of carbonyl (C=O) groups is 1. The molecule has 1 aromatic heterocycles. The van der Waals surface area contributed by atoms with Crippen LogP contribution >= 0.6 is 0 Å². The topological polar surface area (TPSA) is 77.5 Å². The average molecular weight is 262 g/mol. The van der Waals surface area contributed by atoms with Crippen LogP contribution in [0.5, 0.6) is 5.75 Å². The molecule has 19 heavy (non-hydrogen) atoms. The molecule has 0 aliphatic carbocycles. The highest BCUT2D eigenvalue weighted by Gasteiger charge is 2.22. The summed E-state index contributed by atoms with van der Waals surface area (Å²) in [5.41, 5.74) is 7.31. The van der Waals surface area contributed by atoms with Gasteiger partial charge in [0.15, 0.2) is 0 Å². The van der Waals surface area contributed by atoms with E-state index in [2.05, 4.69) is 0 Å². The number of rotatable bonds is 4. The number of aryl methyl sites for hydroxylation is 1. The third-order valence-electron chi connectivity index (χ3n) is 3.12. The van der Waals surface area contributed by atoms with Gasteiger partial charge in [-0.1, -0.05) is 12.1 Å². The third-order valence-corrected chi connectivity index (χ3v) is 3.12. The quantitative estimate of drug-likeness (QED) is 0.825. The molecule has 1 aromatic carbocycles. The summed E-state index contributed by atoms with van der Waals surface area (Å²) >= 11 is 0. The first-order chi connectivity index (χ1) is 9.10. The van der Waals surface area contributed by atoms with Crippen molar-refractivity contribution in [3.05, 3.63) is 30.0 Å². The Morgan fingerprint density at radius 1 is 1.47 bits per heavy atom. The normalized spacial score (nSPS) is 12.6. The van der Waals surface area contributed by atoms with E-state index in [0.29, 0.717) is 24.2 Å². The molecule has 2 rings (SSSR count). The SMILES string of the molecule is CCOC(=O)C(N)c1cn(CC)c2c(O)cccc12. The van der Waals surface area contributed by atoms with E-state index < -0.39 is 12.0 Å². The summed E-state index contributed by atoms with van der Waals surface area (Å²) in [5.74, 6) is -0.275. The minimum Gasteiger partial charge on any atom is -0.506 e. The fourth-order valence-electron chi connectivity index (χ4n) is 2.22. The minimum atomic E-state index is -0.836. The van der Waals surface area contributed by atoms with Crippen molar-refractivity contribution in [3.63, 3.8) is 0 Å². The lowest BCUT2D eigenvalue weighted by atomic mass is 10.1. The van der Waals surface area contributed by atoms with E-state index in [1.807, 2.05) is 17.6 Å². The smallest absolute Gasteiger partial charge is 0.327 e. The first-order valence-electron chi connectivity index (χ1n) is 6.33. The maximum absolute atomic E-state index is 11.8. The Labute approximate surface area is 111 Å². The Morgan fingerprint density at radius 2 is 2.21 bits per heavy atom. The van der Waals surface area contributed by atoms with E-state index in [1.165, 1.54) is 0 Å². The fourth-order valence-corrected chi connectivity index (χ4v) is 2.22. The number of benzene rings is 1. The Bertz CT molecular complexity index is 604. The average Bonchev–Trinajstić information content (AvgIpc) is 2.78. The number of hydrogen-bond acceptors (Lipinski definition) is 4. The second-order valence-electron chi connectivity index (χ2n) is 4.27. The molecule has 1 atom stereocenters. The summed E-state index contributed by atoms with van der Waals surface area (Å²) in [5, 5.41) is 10.7. The van der Waals surface area contributed by atoms with E-state index in [0.717, 1.165) is 5.39 Å². The molecule has 0 bridgehead atoms. The van der Waals surface area contributed by atoms with Crippen LogP contribution in [0.2, 0.25) is 0 Å². The maximum atomic E-state index is 11.8. The minimum absolute atomic E-state index is 0.182. The number of phenols is 1. The van der Waals surface area contributed by atoms with Gasteiger partial charge in [-0.2, -0.15) is 0 Å². The predicted octanol–water partition coefficient (Wildman–Crippen LogP) is 1.93. The van der Waals surface area contributed by atoms with Crippen LogP contribution in [-0.2, 0) is 16.1 Å². The van der Waals surface area contributed by atoms with Crippen molar-refractivity contribution in [2.45, 2.75) is 26.4 Å². The van der Waals surface area contributed by atoms with Gasteiger partial charge < -0.3 is 20.1 Å². The standard InChI is InChI=1S/C14H18N2O3/c1-3-16-8-10(12(15)14(18)19-4-2)9-6-5-7-11(17)13(9)16/h5-8,12,17H,3-4,15H2,1-2H3. The first-order valence-corrected chi connectivity index (χ1v) is 6.33. The number of esters is 1. The Balaban J connectivity index is 2.55. The Hall–Kier alpha value is -2.01. The number of aromatic hydroxyl groups is 1. The van der Waals surface area contributed by atoms with Gasteiger partial charge in [0.05, 0.1) is 12.1 Å². The molecule has 0 fully saturated rings. The van der Waals surface area contributed by atoms with E-state index in [4.69, 9.17) is 10.5 Å². The molecule has 1 heterocycles. The molecule has 0 aliphatic heterocycles. The highest BCUT2D eigenvalue weighted by atomic mass is 16.5. The van der Waals surface area contributed by atoms with Gasteiger partial charge >= 0.3 is 5.97 Å². The highest BCUT2D eigenvalue weighted by Crippen LogP contribution is 2.31. The highest BCUT2D eigenvalue weighted by molar-refractivity contribution is 5.93. The lowest BCUT2D eigenvalue weighted by molar-refractivity contribution is -0.144. The van der Waals surface area contributed by atoms with E-state index in [1.54, 1.807) is 25.3 Å². The monoisotopic (exact) mass is 262 g/mol. The largest absolute Gasteiger partial charge is 0.506 e. The van der Waals surface area contributed by atoms with Gasteiger partial charge in [-0.3, -0.25) is 0 Å². The van der Waals surface area contributed by atoms with Crippen LogP contribution in [0.1, 0.15) is 25.5 Å². The predicted molar refractivity (Wildman–Crippen MR) is 72.8 cm³/mol. The molecular weight excluding hydrogens is 244 g/mol. The van der Waals surface area contributed by atoms with Gasteiger partial charge in [0.25, 0.3) is 0 Å². The molecule has 2 aromatic rings. The van der Waals surface area contributed by atoms with Crippen LogP contribution in [0, 0.1) is 0 Å². The molecule has 0 radical (unpaired) electrons. The van der Waals surface area contributed by atoms with Crippen LogP contribution in [-0.4, -0.2) is 22.2 Å². The molecule has 5 heteroatoms. The number of phenolic OH excluding ortho intramolecular Hbond substituents is 1. The molecule has 0 aliphatic rings. The van der Waals surface area contributed by atoms with Crippen molar-refractivity contribution in [3.8, 4) is 5.75 Å². The van der Waals surface area contributed by atoms with E-state index in [-0.39, 0.29) is 5.75 Å². The second-order valence-corrected chi connectivity index (χ2v) is 4.27. The molecule has 102 valence electrons. The number of fused-ring (bicyclic) bond motifs is 1. The van der Waals surface area contributed by atoms with Gasteiger partial charge in [0.2, 0.25) is 0 Å². The number of nitrogens with two attached hydrogens (primary N) is 1. The number of ether oxygens (including phenoxy) is 1. The van der Waals surface area contributed by atoms with E-state index >= 15 is 0 Å². The van der Waals surface area contributed by atoms with Crippen LogP contribution in [0.3, 0.4) is 0 Å². The summed E-state index contributed by atoms with van der Waals surface area (Å²) in [7, 11) is 0. The Morgan fingerprint density at radius 3 is 2.84 bits per heavy atom. The van der Waals surface area contributed by atoms with Crippen molar-refractivity contribution in [2.24, 2.45) is 5.73 Å².